The molecule has 2 N–H and O–H groups in total. The summed E-state index contributed by atoms with van der Waals surface area (Å²) in [7, 11) is 2.17. The molecule has 1 fully saturated rings. The van der Waals surface area contributed by atoms with E-state index in [0.29, 0.717) is 5.41 Å². The average molecular weight is 200 g/mol. The topological polar surface area (TPSA) is 38.5 Å². The Labute approximate surface area is 87.6 Å². The second-order valence-corrected chi connectivity index (χ2v) is 5.93. The molecule has 0 spiro atoms. The second-order valence-electron chi connectivity index (χ2n) is 5.93. The van der Waals surface area contributed by atoms with Gasteiger partial charge in [-0.15, -0.1) is 0 Å². The van der Waals surface area contributed by atoms with Gasteiger partial charge < -0.3 is 15.4 Å². The largest absolute Gasteiger partial charge is 0.380 e. The molecule has 0 aromatic carbocycles. The van der Waals surface area contributed by atoms with Crippen LogP contribution in [0, 0.1) is 10.8 Å². The van der Waals surface area contributed by atoms with Crippen molar-refractivity contribution in [1.82, 2.24) is 4.90 Å². The molecular formula is C11H24N2O. The van der Waals surface area contributed by atoms with Crippen LogP contribution >= 0.6 is 0 Å². The number of hydrogen-bond acceptors (Lipinski definition) is 3. The summed E-state index contributed by atoms with van der Waals surface area (Å²) in [6.07, 6.45) is 0. The third kappa shape index (κ3) is 3.23. The molecule has 1 aliphatic rings. The molecule has 3 nitrogen and oxygen atoms in total. The summed E-state index contributed by atoms with van der Waals surface area (Å²) < 4.78 is 5.25. The fraction of sp³-hybridized carbons (Fsp3) is 1.00. The van der Waals surface area contributed by atoms with Crippen molar-refractivity contribution in [1.29, 1.82) is 0 Å². The number of nitrogens with zero attached hydrogens (tertiary/aromatic N) is 1. The maximum absolute atomic E-state index is 5.77. The van der Waals surface area contributed by atoms with Crippen LogP contribution in [0.3, 0.4) is 0 Å². The Bertz CT molecular complexity index is 177. The zero-order valence-electron chi connectivity index (χ0n) is 9.97. The highest BCUT2D eigenvalue weighted by Gasteiger charge is 2.38. The van der Waals surface area contributed by atoms with E-state index in [1.165, 1.54) is 0 Å². The lowest BCUT2D eigenvalue weighted by Gasteiger charge is -2.44. The molecule has 0 amide bonds. The van der Waals surface area contributed by atoms with Crippen LogP contribution in [-0.2, 0) is 4.74 Å². The van der Waals surface area contributed by atoms with E-state index in [1.54, 1.807) is 0 Å². The molecule has 14 heavy (non-hydrogen) atoms. The third-order valence-electron chi connectivity index (χ3n) is 2.60. The van der Waals surface area contributed by atoms with E-state index < -0.39 is 0 Å². The van der Waals surface area contributed by atoms with Crippen molar-refractivity contribution in [3.8, 4) is 0 Å². The minimum absolute atomic E-state index is 0.236. The molecule has 0 saturated carbocycles. The molecule has 0 unspecified atom stereocenters. The van der Waals surface area contributed by atoms with Crippen molar-refractivity contribution in [2.24, 2.45) is 16.6 Å². The average Bonchev–Trinajstić information content (AvgIpc) is 1.93. The van der Waals surface area contributed by atoms with Crippen LogP contribution in [0.1, 0.15) is 20.8 Å². The molecule has 1 heterocycles. The van der Waals surface area contributed by atoms with Gasteiger partial charge in [-0.2, -0.15) is 0 Å². The van der Waals surface area contributed by atoms with Crippen molar-refractivity contribution in [3.63, 3.8) is 0 Å². The molecule has 0 aromatic rings. The normalized spacial score (nSPS) is 21.0. The molecule has 1 rings (SSSR count). The molecule has 1 saturated heterocycles. The lowest BCUT2D eigenvalue weighted by Crippen LogP contribution is -2.55. The summed E-state index contributed by atoms with van der Waals surface area (Å²) in [6.45, 7) is 11.3. The highest BCUT2D eigenvalue weighted by molar-refractivity contribution is 4.89. The number of hydrogen-bond donors (Lipinski definition) is 1. The van der Waals surface area contributed by atoms with E-state index in [9.17, 15) is 0 Å². The zero-order valence-corrected chi connectivity index (χ0v) is 9.97. The highest BCUT2D eigenvalue weighted by atomic mass is 16.5. The minimum atomic E-state index is 0.236. The standard InChI is InChI=1S/C11H24N2O/c1-10(2,3)6-13(4)7-11(5-12)8-14-9-11/h5-9,12H2,1-4H3. The third-order valence-corrected chi connectivity index (χ3v) is 2.60. The van der Waals surface area contributed by atoms with Crippen molar-refractivity contribution in [3.05, 3.63) is 0 Å². The van der Waals surface area contributed by atoms with Crippen molar-refractivity contribution in [2.75, 3.05) is 39.9 Å². The van der Waals surface area contributed by atoms with Gasteiger partial charge in [-0.1, -0.05) is 20.8 Å². The number of nitrogens with two attached hydrogens (primary N) is 1. The predicted molar refractivity (Wildman–Crippen MR) is 59.3 cm³/mol. The van der Waals surface area contributed by atoms with E-state index in [1.807, 2.05) is 0 Å². The Hall–Kier alpha value is -0.120. The molecule has 0 aliphatic carbocycles. The van der Waals surface area contributed by atoms with Gasteiger partial charge in [0.2, 0.25) is 0 Å². The predicted octanol–water partition coefficient (Wildman–Crippen LogP) is 0.940. The van der Waals surface area contributed by atoms with Gasteiger partial charge in [0.15, 0.2) is 0 Å². The van der Waals surface area contributed by atoms with Gasteiger partial charge in [-0.3, -0.25) is 0 Å². The molecule has 3 heteroatoms. The molecule has 1 aliphatic heterocycles. The van der Waals surface area contributed by atoms with E-state index in [4.69, 9.17) is 10.5 Å². The van der Waals surface area contributed by atoms with Crippen molar-refractivity contribution < 1.29 is 4.74 Å². The quantitative estimate of drug-likeness (QED) is 0.734. The second kappa shape index (κ2) is 4.17. The number of rotatable bonds is 4. The van der Waals surface area contributed by atoms with E-state index in [2.05, 4.69) is 32.7 Å². The Kier molecular flexibility index (Phi) is 3.56. The van der Waals surface area contributed by atoms with Crippen LogP contribution in [0.2, 0.25) is 0 Å². The van der Waals surface area contributed by atoms with Gasteiger partial charge >= 0.3 is 0 Å². The lowest BCUT2D eigenvalue weighted by molar-refractivity contribution is -0.119. The van der Waals surface area contributed by atoms with E-state index in [0.717, 1.165) is 32.8 Å². The molecular weight excluding hydrogens is 176 g/mol. The number of ether oxygens (including phenoxy) is 1. The Morgan fingerprint density at radius 1 is 1.36 bits per heavy atom. The van der Waals surface area contributed by atoms with Crippen LogP contribution < -0.4 is 5.73 Å². The van der Waals surface area contributed by atoms with Crippen LogP contribution in [0.4, 0.5) is 0 Å². The van der Waals surface area contributed by atoms with Crippen molar-refractivity contribution >= 4 is 0 Å². The Balaban J connectivity index is 2.36. The highest BCUT2D eigenvalue weighted by Crippen LogP contribution is 2.27. The lowest BCUT2D eigenvalue weighted by atomic mass is 9.85. The smallest absolute Gasteiger partial charge is 0.0569 e. The van der Waals surface area contributed by atoms with E-state index >= 15 is 0 Å². The summed E-state index contributed by atoms with van der Waals surface area (Å²) in [5, 5.41) is 0. The van der Waals surface area contributed by atoms with Gasteiger partial charge in [0.1, 0.15) is 0 Å². The SMILES string of the molecule is CN(CC(C)(C)C)CC1(CN)COC1. The van der Waals surface area contributed by atoms with Crippen molar-refractivity contribution in [2.45, 2.75) is 20.8 Å². The Morgan fingerprint density at radius 3 is 2.21 bits per heavy atom. The zero-order chi connectivity index (χ0) is 10.8. The Morgan fingerprint density at radius 2 is 1.93 bits per heavy atom. The maximum atomic E-state index is 5.77. The van der Waals surface area contributed by atoms with Gasteiger partial charge in [0, 0.05) is 25.0 Å². The van der Waals surface area contributed by atoms with Crippen LogP contribution in [0.5, 0.6) is 0 Å². The van der Waals surface area contributed by atoms with Gasteiger partial charge in [-0.25, -0.2) is 0 Å². The summed E-state index contributed by atoms with van der Waals surface area (Å²) in [5.41, 5.74) is 6.37. The summed E-state index contributed by atoms with van der Waals surface area (Å²) >= 11 is 0. The minimum Gasteiger partial charge on any atom is -0.380 e. The fourth-order valence-electron chi connectivity index (χ4n) is 2.10. The van der Waals surface area contributed by atoms with Gasteiger partial charge in [0.05, 0.1) is 13.2 Å². The van der Waals surface area contributed by atoms with Gasteiger partial charge in [-0.05, 0) is 12.5 Å². The van der Waals surface area contributed by atoms with Crippen LogP contribution in [-0.4, -0.2) is 44.8 Å². The van der Waals surface area contributed by atoms with Gasteiger partial charge in [0.25, 0.3) is 0 Å². The molecule has 0 radical (unpaired) electrons. The molecule has 0 aromatic heterocycles. The monoisotopic (exact) mass is 200 g/mol. The summed E-state index contributed by atoms with van der Waals surface area (Å²) in [6, 6.07) is 0. The van der Waals surface area contributed by atoms with E-state index in [-0.39, 0.29) is 5.41 Å². The first kappa shape index (κ1) is 12.0. The first-order chi connectivity index (χ1) is 6.37. The summed E-state index contributed by atoms with van der Waals surface area (Å²) in [4.78, 5) is 2.37. The fourth-order valence-corrected chi connectivity index (χ4v) is 2.10. The first-order valence-corrected chi connectivity index (χ1v) is 5.33. The molecule has 84 valence electrons. The summed E-state index contributed by atoms with van der Waals surface area (Å²) in [5.74, 6) is 0. The first-order valence-electron chi connectivity index (χ1n) is 5.33. The van der Waals surface area contributed by atoms with Crippen LogP contribution in [0.25, 0.3) is 0 Å². The van der Waals surface area contributed by atoms with Crippen LogP contribution in [0.15, 0.2) is 0 Å². The maximum Gasteiger partial charge on any atom is 0.0569 e. The molecule has 0 bridgehead atoms. The molecule has 0 atom stereocenters.